The molecule has 3 heteroatoms. The standard InChI is InChI=1S/C17H30N2O/c1-7-8-9-12-19-14(16(2,3)4)11-10-13(15(19)20)17(5,6)18/h10-11H,7-9,12,18H2,1-6H3. The molecule has 3 nitrogen and oxygen atoms in total. The minimum Gasteiger partial charge on any atom is -0.322 e. The maximum absolute atomic E-state index is 12.8. The Balaban J connectivity index is 3.35. The van der Waals surface area contributed by atoms with Crippen LogP contribution in [0.2, 0.25) is 0 Å². The van der Waals surface area contributed by atoms with E-state index in [4.69, 9.17) is 5.73 Å². The number of hydrogen-bond donors (Lipinski definition) is 1. The Labute approximate surface area is 123 Å². The summed E-state index contributed by atoms with van der Waals surface area (Å²) in [7, 11) is 0. The molecular weight excluding hydrogens is 248 g/mol. The average Bonchev–Trinajstić information content (AvgIpc) is 2.28. The number of nitrogens with two attached hydrogens (primary N) is 1. The fourth-order valence-electron chi connectivity index (χ4n) is 2.47. The number of pyridine rings is 1. The highest BCUT2D eigenvalue weighted by atomic mass is 16.1. The quantitative estimate of drug-likeness (QED) is 0.838. The molecule has 1 aromatic rings. The van der Waals surface area contributed by atoms with Crippen LogP contribution in [-0.4, -0.2) is 4.57 Å². The fourth-order valence-corrected chi connectivity index (χ4v) is 2.47. The number of rotatable bonds is 5. The molecule has 114 valence electrons. The molecule has 1 heterocycles. The summed E-state index contributed by atoms with van der Waals surface area (Å²) >= 11 is 0. The Morgan fingerprint density at radius 2 is 1.70 bits per heavy atom. The van der Waals surface area contributed by atoms with Crippen molar-refractivity contribution in [3.05, 3.63) is 33.7 Å². The van der Waals surface area contributed by atoms with Crippen molar-refractivity contribution in [2.24, 2.45) is 5.73 Å². The van der Waals surface area contributed by atoms with Crippen LogP contribution in [0, 0.1) is 0 Å². The van der Waals surface area contributed by atoms with Gasteiger partial charge in [-0.2, -0.15) is 0 Å². The highest BCUT2D eigenvalue weighted by Gasteiger charge is 2.24. The highest BCUT2D eigenvalue weighted by Crippen LogP contribution is 2.23. The first-order valence-corrected chi connectivity index (χ1v) is 7.62. The number of nitrogens with zero attached hydrogens (tertiary/aromatic N) is 1. The Hall–Kier alpha value is -1.09. The molecule has 0 saturated heterocycles. The lowest BCUT2D eigenvalue weighted by molar-refractivity contribution is 0.467. The first-order valence-electron chi connectivity index (χ1n) is 7.62. The SMILES string of the molecule is CCCCCn1c(C(C)(C)C)ccc(C(C)(C)N)c1=O. The zero-order valence-corrected chi connectivity index (χ0v) is 13.9. The summed E-state index contributed by atoms with van der Waals surface area (Å²) in [5.74, 6) is 0. The van der Waals surface area contributed by atoms with Crippen LogP contribution in [0.25, 0.3) is 0 Å². The fraction of sp³-hybridized carbons (Fsp3) is 0.706. The van der Waals surface area contributed by atoms with Gasteiger partial charge in [-0.05, 0) is 32.4 Å². The lowest BCUT2D eigenvalue weighted by Gasteiger charge is -2.27. The van der Waals surface area contributed by atoms with E-state index >= 15 is 0 Å². The second-order valence-electron chi connectivity index (χ2n) is 7.27. The van der Waals surface area contributed by atoms with Gasteiger partial charge in [-0.1, -0.05) is 40.5 Å². The third-order valence-electron chi connectivity index (χ3n) is 3.62. The van der Waals surface area contributed by atoms with E-state index in [0.717, 1.165) is 31.5 Å². The van der Waals surface area contributed by atoms with Crippen LogP contribution in [0.4, 0.5) is 0 Å². The number of hydrogen-bond acceptors (Lipinski definition) is 2. The summed E-state index contributed by atoms with van der Waals surface area (Å²) in [6.45, 7) is 13.2. The molecule has 0 aliphatic rings. The molecule has 20 heavy (non-hydrogen) atoms. The van der Waals surface area contributed by atoms with Crippen molar-refractivity contribution in [1.82, 2.24) is 4.57 Å². The second kappa shape index (κ2) is 6.13. The van der Waals surface area contributed by atoms with E-state index in [1.165, 1.54) is 0 Å². The molecule has 0 atom stereocenters. The van der Waals surface area contributed by atoms with Crippen molar-refractivity contribution in [2.45, 2.75) is 78.3 Å². The van der Waals surface area contributed by atoms with Gasteiger partial charge in [-0.3, -0.25) is 4.79 Å². The molecule has 1 rings (SSSR count). The highest BCUT2D eigenvalue weighted by molar-refractivity contribution is 5.25. The monoisotopic (exact) mass is 278 g/mol. The van der Waals surface area contributed by atoms with Crippen LogP contribution in [0.1, 0.15) is 72.1 Å². The summed E-state index contributed by atoms with van der Waals surface area (Å²) in [6, 6.07) is 3.97. The summed E-state index contributed by atoms with van der Waals surface area (Å²) in [5.41, 5.74) is 7.35. The Bertz CT molecular complexity index is 501. The molecule has 0 aliphatic heterocycles. The molecule has 0 saturated carbocycles. The van der Waals surface area contributed by atoms with Crippen molar-refractivity contribution in [3.63, 3.8) is 0 Å². The van der Waals surface area contributed by atoms with Gasteiger partial charge in [0.25, 0.3) is 5.56 Å². The maximum atomic E-state index is 12.8. The van der Waals surface area contributed by atoms with Gasteiger partial charge in [-0.15, -0.1) is 0 Å². The first-order chi connectivity index (χ1) is 9.09. The number of unbranched alkanes of at least 4 members (excludes halogenated alkanes) is 2. The molecule has 0 spiro atoms. The third-order valence-corrected chi connectivity index (χ3v) is 3.62. The Kier molecular flexibility index (Phi) is 5.20. The molecular formula is C17H30N2O. The van der Waals surface area contributed by atoms with Crippen LogP contribution in [0.5, 0.6) is 0 Å². The van der Waals surface area contributed by atoms with E-state index in [1.807, 2.05) is 24.5 Å². The van der Waals surface area contributed by atoms with Gasteiger partial charge < -0.3 is 10.3 Å². The van der Waals surface area contributed by atoms with Crippen LogP contribution in [-0.2, 0) is 17.5 Å². The molecule has 2 N–H and O–H groups in total. The zero-order valence-electron chi connectivity index (χ0n) is 13.9. The predicted octanol–water partition coefficient (Wildman–Crippen LogP) is 3.53. The minimum atomic E-state index is -0.597. The maximum Gasteiger partial charge on any atom is 0.255 e. The van der Waals surface area contributed by atoms with Crippen LogP contribution >= 0.6 is 0 Å². The summed E-state index contributed by atoms with van der Waals surface area (Å²) in [4.78, 5) is 12.8. The number of aromatic nitrogens is 1. The summed E-state index contributed by atoms with van der Waals surface area (Å²) in [5, 5.41) is 0. The van der Waals surface area contributed by atoms with Crippen molar-refractivity contribution in [3.8, 4) is 0 Å². The van der Waals surface area contributed by atoms with E-state index in [2.05, 4.69) is 33.8 Å². The van der Waals surface area contributed by atoms with Gasteiger partial charge in [-0.25, -0.2) is 0 Å². The van der Waals surface area contributed by atoms with Crippen molar-refractivity contribution >= 4 is 0 Å². The third kappa shape index (κ3) is 3.95. The van der Waals surface area contributed by atoms with Crippen LogP contribution in [0.15, 0.2) is 16.9 Å². The molecule has 0 aliphatic carbocycles. The van der Waals surface area contributed by atoms with Gasteiger partial charge in [0, 0.05) is 28.8 Å². The van der Waals surface area contributed by atoms with Crippen molar-refractivity contribution in [2.75, 3.05) is 0 Å². The van der Waals surface area contributed by atoms with E-state index in [0.29, 0.717) is 5.56 Å². The largest absolute Gasteiger partial charge is 0.322 e. The van der Waals surface area contributed by atoms with Gasteiger partial charge in [0.1, 0.15) is 0 Å². The van der Waals surface area contributed by atoms with Crippen LogP contribution < -0.4 is 11.3 Å². The van der Waals surface area contributed by atoms with Gasteiger partial charge >= 0.3 is 0 Å². The Morgan fingerprint density at radius 3 is 2.15 bits per heavy atom. The van der Waals surface area contributed by atoms with Crippen molar-refractivity contribution in [1.29, 1.82) is 0 Å². The normalized spacial score (nSPS) is 12.8. The molecule has 0 radical (unpaired) electrons. The average molecular weight is 278 g/mol. The predicted molar refractivity (Wildman–Crippen MR) is 86.1 cm³/mol. The Morgan fingerprint density at radius 1 is 1.10 bits per heavy atom. The molecule has 0 aromatic carbocycles. The van der Waals surface area contributed by atoms with Gasteiger partial charge in [0.2, 0.25) is 0 Å². The van der Waals surface area contributed by atoms with Crippen molar-refractivity contribution < 1.29 is 0 Å². The smallest absolute Gasteiger partial charge is 0.255 e. The first kappa shape index (κ1) is 17.0. The lowest BCUT2D eigenvalue weighted by atomic mass is 9.89. The summed E-state index contributed by atoms with van der Waals surface area (Å²) in [6.07, 6.45) is 3.34. The minimum absolute atomic E-state index is 0.0390. The van der Waals surface area contributed by atoms with E-state index < -0.39 is 5.54 Å². The van der Waals surface area contributed by atoms with Gasteiger partial charge in [0.05, 0.1) is 0 Å². The molecule has 0 bridgehead atoms. The topological polar surface area (TPSA) is 48.0 Å². The summed E-state index contributed by atoms with van der Waals surface area (Å²) < 4.78 is 1.93. The van der Waals surface area contributed by atoms with E-state index in [-0.39, 0.29) is 11.0 Å². The zero-order chi connectivity index (χ0) is 15.6. The lowest BCUT2D eigenvalue weighted by Crippen LogP contribution is -2.40. The van der Waals surface area contributed by atoms with E-state index in [1.54, 1.807) is 0 Å². The molecule has 1 aromatic heterocycles. The van der Waals surface area contributed by atoms with Crippen LogP contribution in [0.3, 0.4) is 0 Å². The second-order valence-corrected chi connectivity index (χ2v) is 7.27. The van der Waals surface area contributed by atoms with Gasteiger partial charge in [0.15, 0.2) is 0 Å². The molecule has 0 amide bonds. The van der Waals surface area contributed by atoms with E-state index in [9.17, 15) is 4.79 Å². The molecule has 0 fully saturated rings. The molecule has 0 unspecified atom stereocenters.